The second-order valence-electron chi connectivity index (χ2n) is 3.93. The number of hydrogen-bond acceptors (Lipinski definition) is 4. The van der Waals surface area contributed by atoms with Crippen LogP contribution in [0, 0.1) is 10.5 Å². The third kappa shape index (κ3) is 2.82. The van der Waals surface area contributed by atoms with Gasteiger partial charge in [-0.05, 0) is 65.4 Å². The van der Waals surface area contributed by atoms with Crippen LogP contribution in [-0.2, 0) is 0 Å². The Labute approximate surface area is 132 Å². The minimum absolute atomic E-state index is 0.204. The normalized spacial score (nSPS) is 10.9. The molecule has 2 heterocycles. The molecule has 0 fully saturated rings. The molecule has 3 nitrogen and oxygen atoms in total. The van der Waals surface area contributed by atoms with Crippen molar-refractivity contribution in [3.63, 3.8) is 0 Å². The average molecular weight is 403 g/mol. The summed E-state index contributed by atoms with van der Waals surface area (Å²) in [5, 5.41) is 1.10. The van der Waals surface area contributed by atoms with E-state index in [1.165, 1.54) is 0 Å². The van der Waals surface area contributed by atoms with Crippen LogP contribution in [0.15, 0.2) is 30.3 Å². The fraction of sp³-hybridized carbons (Fsp3) is 0.0769. The van der Waals surface area contributed by atoms with E-state index in [0.29, 0.717) is 5.88 Å². The van der Waals surface area contributed by atoms with E-state index >= 15 is 0 Å². The molecule has 0 saturated carbocycles. The first-order chi connectivity index (χ1) is 9.11. The highest BCUT2D eigenvalue weighted by Gasteiger charge is 2.11. The summed E-state index contributed by atoms with van der Waals surface area (Å²) in [6.07, 6.45) is 0. The number of fused-ring (bicyclic) bond motifs is 1. The molecule has 0 bridgehead atoms. The third-order valence-electron chi connectivity index (χ3n) is 2.46. The van der Waals surface area contributed by atoms with Crippen LogP contribution < -0.4 is 4.74 Å². The standard InChI is InChI=1S/C13H8ClIN2OS/c1-7-5-10-11(16-13(14)17-12(10)19-7)18-9-4-2-3-8(15)6-9/h2-6H,1H3. The summed E-state index contributed by atoms with van der Waals surface area (Å²) in [6, 6.07) is 9.80. The zero-order valence-electron chi connectivity index (χ0n) is 9.85. The summed E-state index contributed by atoms with van der Waals surface area (Å²) in [5.41, 5.74) is 0. The number of hydrogen-bond donors (Lipinski definition) is 0. The number of thiophene rings is 1. The lowest BCUT2D eigenvalue weighted by Gasteiger charge is -2.06. The van der Waals surface area contributed by atoms with Crippen LogP contribution >= 0.6 is 45.5 Å². The van der Waals surface area contributed by atoms with Gasteiger partial charge in [0.25, 0.3) is 0 Å². The highest BCUT2D eigenvalue weighted by Crippen LogP contribution is 2.33. The monoisotopic (exact) mass is 402 g/mol. The lowest BCUT2D eigenvalue weighted by Crippen LogP contribution is -1.91. The minimum atomic E-state index is 0.204. The molecule has 2 aromatic heterocycles. The van der Waals surface area contributed by atoms with Crippen molar-refractivity contribution in [1.82, 2.24) is 9.97 Å². The Bertz CT molecular complexity index is 759. The summed E-state index contributed by atoms with van der Waals surface area (Å²) in [4.78, 5) is 10.4. The van der Waals surface area contributed by atoms with Gasteiger partial charge in [0.15, 0.2) is 0 Å². The number of halogens is 2. The Hall–Kier alpha value is -0.920. The summed E-state index contributed by atoms with van der Waals surface area (Å²) in [5.74, 6) is 1.24. The van der Waals surface area contributed by atoms with Crippen molar-refractivity contribution < 1.29 is 4.74 Å². The van der Waals surface area contributed by atoms with E-state index in [-0.39, 0.29) is 5.28 Å². The predicted molar refractivity (Wildman–Crippen MR) is 86.4 cm³/mol. The minimum Gasteiger partial charge on any atom is -0.438 e. The van der Waals surface area contributed by atoms with Crippen molar-refractivity contribution in [3.8, 4) is 11.6 Å². The van der Waals surface area contributed by atoms with Crippen LogP contribution in [0.3, 0.4) is 0 Å². The molecular formula is C13H8ClIN2OS. The maximum atomic E-state index is 5.93. The van der Waals surface area contributed by atoms with Gasteiger partial charge in [-0.25, -0.2) is 4.98 Å². The number of nitrogens with zero attached hydrogens (tertiary/aromatic N) is 2. The van der Waals surface area contributed by atoms with Gasteiger partial charge < -0.3 is 4.74 Å². The fourth-order valence-corrected chi connectivity index (χ4v) is 3.31. The van der Waals surface area contributed by atoms with Gasteiger partial charge in [-0.3, -0.25) is 0 Å². The third-order valence-corrected chi connectivity index (χ3v) is 4.25. The van der Waals surface area contributed by atoms with Crippen LogP contribution in [0.2, 0.25) is 5.28 Å². The lowest BCUT2D eigenvalue weighted by molar-refractivity contribution is 0.468. The van der Waals surface area contributed by atoms with E-state index in [2.05, 4.69) is 32.6 Å². The zero-order valence-corrected chi connectivity index (χ0v) is 13.6. The molecule has 0 saturated heterocycles. The molecule has 0 spiro atoms. The van der Waals surface area contributed by atoms with E-state index in [0.717, 1.165) is 24.4 Å². The molecule has 0 N–H and O–H groups in total. The summed E-state index contributed by atoms with van der Waals surface area (Å²) >= 11 is 9.75. The highest BCUT2D eigenvalue weighted by atomic mass is 127. The van der Waals surface area contributed by atoms with Gasteiger partial charge in [-0.1, -0.05) is 6.07 Å². The number of benzene rings is 1. The van der Waals surface area contributed by atoms with Crippen LogP contribution in [0.4, 0.5) is 0 Å². The van der Waals surface area contributed by atoms with Crippen molar-refractivity contribution in [3.05, 3.63) is 44.1 Å². The molecule has 0 aliphatic heterocycles. The van der Waals surface area contributed by atoms with Gasteiger partial charge in [0, 0.05) is 8.45 Å². The van der Waals surface area contributed by atoms with E-state index in [4.69, 9.17) is 16.3 Å². The van der Waals surface area contributed by atoms with Gasteiger partial charge in [-0.2, -0.15) is 4.98 Å². The number of rotatable bonds is 2. The summed E-state index contributed by atoms with van der Waals surface area (Å²) < 4.78 is 6.94. The zero-order chi connectivity index (χ0) is 13.4. The molecule has 3 aromatic rings. The SMILES string of the molecule is Cc1cc2c(Oc3cccc(I)c3)nc(Cl)nc2s1. The van der Waals surface area contributed by atoms with E-state index in [1.54, 1.807) is 11.3 Å². The summed E-state index contributed by atoms with van der Waals surface area (Å²) in [6.45, 7) is 2.02. The first kappa shape index (κ1) is 13.1. The maximum absolute atomic E-state index is 5.93. The first-order valence-electron chi connectivity index (χ1n) is 5.49. The predicted octanol–water partition coefficient (Wildman–Crippen LogP) is 5.05. The second-order valence-corrected chi connectivity index (χ2v) is 6.75. The van der Waals surface area contributed by atoms with Gasteiger partial charge in [-0.15, -0.1) is 11.3 Å². The molecule has 0 aliphatic carbocycles. The Morgan fingerprint density at radius 2 is 2.11 bits per heavy atom. The smallest absolute Gasteiger partial charge is 0.232 e. The van der Waals surface area contributed by atoms with E-state index < -0.39 is 0 Å². The molecule has 0 atom stereocenters. The van der Waals surface area contributed by atoms with Crippen LogP contribution in [0.5, 0.6) is 11.6 Å². The number of ether oxygens (including phenoxy) is 1. The van der Waals surface area contributed by atoms with Crippen molar-refractivity contribution in [1.29, 1.82) is 0 Å². The quantitative estimate of drug-likeness (QED) is 0.444. The van der Waals surface area contributed by atoms with Crippen molar-refractivity contribution in [2.75, 3.05) is 0 Å². The molecule has 19 heavy (non-hydrogen) atoms. The molecule has 0 unspecified atom stereocenters. The maximum Gasteiger partial charge on any atom is 0.232 e. The van der Waals surface area contributed by atoms with Crippen molar-refractivity contribution in [2.45, 2.75) is 6.92 Å². The molecule has 6 heteroatoms. The van der Waals surface area contributed by atoms with Crippen LogP contribution in [0.1, 0.15) is 4.88 Å². The lowest BCUT2D eigenvalue weighted by atomic mass is 10.3. The Morgan fingerprint density at radius 1 is 1.26 bits per heavy atom. The Kier molecular flexibility index (Phi) is 3.60. The first-order valence-corrected chi connectivity index (χ1v) is 7.76. The van der Waals surface area contributed by atoms with Crippen LogP contribution in [0.25, 0.3) is 10.2 Å². The van der Waals surface area contributed by atoms with Gasteiger partial charge in [0.2, 0.25) is 11.2 Å². The Morgan fingerprint density at radius 3 is 2.89 bits per heavy atom. The average Bonchev–Trinajstić information content (AvgIpc) is 2.69. The number of aryl methyl sites for hydroxylation is 1. The second kappa shape index (κ2) is 5.22. The van der Waals surface area contributed by atoms with E-state index in [1.807, 2.05) is 37.3 Å². The summed E-state index contributed by atoms with van der Waals surface area (Å²) in [7, 11) is 0. The van der Waals surface area contributed by atoms with Crippen molar-refractivity contribution in [2.24, 2.45) is 0 Å². The van der Waals surface area contributed by atoms with Crippen LogP contribution in [-0.4, -0.2) is 9.97 Å². The molecular weight excluding hydrogens is 395 g/mol. The van der Waals surface area contributed by atoms with E-state index in [9.17, 15) is 0 Å². The van der Waals surface area contributed by atoms with Gasteiger partial charge >= 0.3 is 0 Å². The molecule has 0 aliphatic rings. The molecule has 1 aromatic carbocycles. The molecule has 96 valence electrons. The largest absolute Gasteiger partial charge is 0.438 e. The van der Waals surface area contributed by atoms with Gasteiger partial charge in [0.05, 0.1) is 5.39 Å². The fourth-order valence-electron chi connectivity index (χ4n) is 1.71. The molecule has 3 rings (SSSR count). The Balaban J connectivity index is 2.09. The molecule has 0 radical (unpaired) electrons. The molecule has 0 amide bonds. The van der Waals surface area contributed by atoms with Crippen molar-refractivity contribution >= 4 is 55.7 Å². The highest BCUT2D eigenvalue weighted by molar-refractivity contribution is 14.1. The topological polar surface area (TPSA) is 35.0 Å². The van der Waals surface area contributed by atoms with Gasteiger partial charge in [0.1, 0.15) is 10.6 Å². The number of aromatic nitrogens is 2.